The number of nitrogens with zero attached hydrogens (tertiary/aromatic N) is 3. The Balaban J connectivity index is 2.21. The van der Waals surface area contributed by atoms with Crippen molar-refractivity contribution in [1.82, 2.24) is 14.5 Å². The maximum absolute atomic E-state index is 6.37. The zero-order chi connectivity index (χ0) is 14.4. The number of rotatable bonds is 2. The summed E-state index contributed by atoms with van der Waals surface area (Å²) in [6.45, 7) is 8.70. The molecule has 0 amide bonds. The molecule has 2 aromatic rings. The van der Waals surface area contributed by atoms with Crippen LogP contribution in [0.4, 0.5) is 0 Å². The number of hydrogen-bond acceptors (Lipinski definition) is 2. The van der Waals surface area contributed by atoms with Gasteiger partial charge in [0.1, 0.15) is 11.3 Å². The van der Waals surface area contributed by atoms with E-state index in [1.165, 1.54) is 12.8 Å². The third kappa shape index (κ3) is 2.12. The van der Waals surface area contributed by atoms with E-state index in [2.05, 4.69) is 24.5 Å². The molecule has 3 rings (SSSR count). The molecular formula is C16H22ClN3. The van der Waals surface area contributed by atoms with Crippen LogP contribution in [0.5, 0.6) is 0 Å². The highest BCUT2D eigenvalue weighted by atomic mass is 35.5. The van der Waals surface area contributed by atoms with Crippen LogP contribution in [0.15, 0.2) is 12.1 Å². The van der Waals surface area contributed by atoms with Gasteiger partial charge < -0.3 is 4.57 Å². The highest BCUT2D eigenvalue weighted by Gasteiger charge is 2.34. The Morgan fingerprint density at radius 3 is 2.60 bits per heavy atom. The van der Waals surface area contributed by atoms with Crippen molar-refractivity contribution in [3.05, 3.63) is 23.7 Å². The normalized spacial score (nSPS) is 28.1. The fraction of sp³-hybridized carbons (Fsp3) is 0.625. The predicted octanol–water partition coefficient (Wildman–Crippen LogP) is 4.65. The average Bonchev–Trinajstić information content (AvgIpc) is 2.91. The van der Waals surface area contributed by atoms with Crippen molar-refractivity contribution in [3.63, 3.8) is 0 Å². The highest BCUT2D eigenvalue weighted by Crippen LogP contribution is 2.42. The van der Waals surface area contributed by atoms with Crippen molar-refractivity contribution in [1.29, 1.82) is 0 Å². The first-order chi connectivity index (χ1) is 9.49. The van der Waals surface area contributed by atoms with Gasteiger partial charge in [0.15, 0.2) is 5.65 Å². The number of imidazole rings is 1. The summed E-state index contributed by atoms with van der Waals surface area (Å²) in [5, 5.41) is -0.0902. The fourth-order valence-corrected chi connectivity index (χ4v) is 3.55. The van der Waals surface area contributed by atoms with E-state index in [-0.39, 0.29) is 5.38 Å². The summed E-state index contributed by atoms with van der Waals surface area (Å²) in [7, 11) is 0. The summed E-state index contributed by atoms with van der Waals surface area (Å²) in [6, 6.07) is 4.55. The van der Waals surface area contributed by atoms with Gasteiger partial charge in [0.25, 0.3) is 0 Å². The first-order valence-corrected chi connectivity index (χ1v) is 7.92. The van der Waals surface area contributed by atoms with Crippen LogP contribution >= 0.6 is 11.6 Å². The molecular weight excluding hydrogens is 270 g/mol. The van der Waals surface area contributed by atoms with Crippen molar-refractivity contribution in [2.75, 3.05) is 0 Å². The lowest BCUT2D eigenvalue weighted by Gasteiger charge is -2.23. The molecule has 0 bridgehead atoms. The quantitative estimate of drug-likeness (QED) is 0.754. The van der Waals surface area contributed by atoms with E-state index in [1.54, 1.807) is 0 Å². The second-order valence-corrected chi connectivity index (χ2v) is 6.89. The van der Waals surface area contributed by atoms with Crippen molar-refractivity contribution < 1.29 is 0 Å². The molecule has 4 unspecified atom stereocenters. The SMILES string of the molecule is Cc1ccc2nc(C(C)Cl)n(C3CCC(C)C3C)c2n1. The van der Waals surface area contributed by atoms with Crippen molar-refractivity contribution in [2.24, 2.45) is 11.8 Å². The van der Waals surface area contributed by atoms with Crippen molar-refractivity contribution in [3.8, 4) is 0 Å². The molecule has 0 saturated heterocycles. The van der Waals surface area contributed by atoms with Crippen LogP contribution in [0.2, 0.25) is 0 Å². The Labute approximate surface area is 125 Å². The number of aromatic nitrogens is 3. The molecule has 1 aliphatic carbocycles. The Bertz CT molecular complexity index is 632. The maximum Gasteiger partial charge on any atom is 0.160 e. The molecule has 4 atom stereocenters. The molecule has 3 nitrogen and oxygen atoms in total. The number of pyridine rings is 1. The molecule has 20 heavy (non-hydrogen) atoms. The van der Waals surface area contributed by atoms with Crippen LogP contribution in [-0.4, -0.2) is 14.5 Å². The van der Waals surface area contributed by atoms with Gasteiger partial charge in [0, 0.05) is 11.7 Å². The summed E-state index contributed by atoms with van der Waals surface area (Å²) < 4.78 is 2.31. The zero-order valence-electron chi connectivity index (χ0n) is 12.6. The molecule has 0 radical (unpaired) electrons. The molecule has 0 spiro atoms. The second-order valence-electron chi connectivity index (χ2n) is 6.23. The summed E-state index contributed by atoms with van der Waals surface area (Å²) in [5.41, 5.74) is 2.99. The first kappa shape index (κ1) is 13.9. The van der Waals surface area contributed by atoms with E-state index in [9.17, 15) is 0 Å². The van der Waals surface area contributed by atoms with E-state index in [1.807, 2.05) is 19.9 Å². The number of aryl methyl sites for hydroxylation is 1. The minimum Gasteiger partial charge on any atom is -0.308 e. The lowest BCUT2D eigenvalue weighted by molar-refractivity contribution is 0.351. The van der Waals surface area contributed by atoms with Gasteiger partial charge in [-0.2, -0.15) is 0 Å². The van der Waals surface area contributed by atoms with Crippen LogP contribution in [0.25, 0.3) is 11.2 Å². The molecule has 1 fully saturated rings. The molecule has 0 aliphatic heterocycles. The van der Waals surface area contributed by atoms with Gasteiger partial charge in [-0.05, 0) is 50.7 Å². The average molecular weight is 292 g/mol. The van der Waals surface area contributed by atoms with Gasteiger partial charge in [-0.3, -0.25) is 0 Å². The van der Waals surface area contributed by atoms with Gasteiger partial charge in [0.2, 0.25) is 0 Å². The van der Waals surface area contributed by atoms with Crippen LogP contribution < -0.4 is 0 Å². The van der Waals surface area contributed by atoms with Gasteiger partial charge in [-0.25, -0.2) is 9.97 Å². The fourth-order valence-electron chi connectivity index (χ4n) is 3.40. The minimum absolute atomic E-state index is 0.0902. The van der Waals surface area contributed by atoms with E-state index >= 15 is 0 Å². The van der Waals surface area contributed by atoms with Crippen molar-refractivity contribution in [2.45, 2.75) is 52.0 Å². The number of alkyl halides is 1. The van der Waals surface area contributed by atoms with E-state index in [0.717, 1.165) is 28.6 Å². The first-order valence-electron chi connectivity index (χ1n) is 7.48. The Morgan fingerprint density at radius 1 is 1.25 bits per heavy atom. The molecule has 1 saturated carbocycles. The number of hydrogen-bond donors (Lipinski definition) is 0. The molecule has 2 aromatic heterocycles. The predicted molar refractivity (Wildman–Crippen MR) is 83.1 cm³/mol. The van der Waals surface area contributed by atoms with Crippen LogP contribution in [0.1, 0.15) is 56.6 Å². The van der Waals surface area contributed by atoms with Crippen LogP contribution in [-0.2, 0) is 0 Å². The summed E-state index contributed by atoms with van der Waals surface area (Å²) in [5.74, 6) is 2.36. The molecule has 2 heterocycles. The van der Waals surface area contributed by atoms with Crippen molar-refractivity contribution >= 4 is 22.8 Å². The third-order valence-corrected chi connectivity index (χ3v) is 5.01. The zero-order valence-corrected chi connectivity index (χ0v) is 13.4. The molecule has 4 heteroatoms. The number of fused-ring (bicyclic) bond motifs is 1. The molecule has 108 valence electrons. The highest BCUT2D eigenvalue weighted by molar-refractivity contribution is 6.20. The van der Waals surface area contributed by atoms with Crippen LogP contribution in [0.3, 0.4) is 0 Å². The number of halogens is 1. The van der Waals surface area contributed by atoms with Gasteiger partial charge in [-0.15, -0.1) is 11.6 Å². The van der Waals surface area contributed by atoms with Gasteiger partial charge in [-0.1, -0.05) is 13.8 Å². The summed E-state index contributed by atoms with van der Waals surface area (Å²) >= 11 is 6.37. The van der Waals surface area contributed by atoms with E-state index in [0.29, 0.717) is 12.0 Å². The molecule has 1 aliphatic rings. The monoisotopic (exact) mass is 291 g/mol. The molecule has 0 N–H and O–H groups in total. The minimum atomic E-state index is -0.0902. The van der Waals surface area contributed by atoms with E-state index in [4.69, 9.17) is 21.6 Å². The van der Waals surface area contributed by atoms with E-state index < -0.39 is 0 Å². The Kier molecular flexibility index (Phi) is 3.49. The summed E-state index contributed by atoms with van der Waals surface area (Å²) in [4.78, 5) is 9.45. The standard InChI is InChI=1S/C16H22ClN3/c1-9-5-8-14(11(9)3)20-15(12(4)17)19-13-7-6-10(2)18-16(13)20/h6-7,9,11-12,14H,5,8H2,1-4H3. The molecule has 0 aromatic carbocycles. The second kappa shape index (κ2) is 5.03. The van der Waals surface area contributed by atoms with Crippen LogP contribution in [0, 0.1) is 18.8 Å². The largest absolute Gasteiger partial charge is 0.308 e. The summed E-state index contributed by atoms with van der Waals surface area (Å²) in [6.07, 6.45) is 2.47. The van der Waals surface area contributed by atoms with Gasteiger partial charge in [0.05, 0.1) is 5.38 Å². The Hall–Kier alpha value is -1.09. The maximum atomic E-state index is 6.37. The third-order valence-electron chi connectivity index (χ3n) is 4.81. The Morgan fingerprint density at radius 2 is 2.00 bits per heavy atom. The lowest BCUT2D eigenvalue weighted by Crippen LogP contribution is -2.17. The topological polar surface area (TPSA) is 30.7 Å². The smallest absolute Gasteiger partial charge is 0.160 e. The lowest BCUT2D eigenvalue weighted by atomic mass is 9.97. The van der Waals surface area contributed by atoms with Gasteiger partial charge >= 0.3 is 0 Å².